The Morgan fingerprint density at radius 2 is 1.94 bits per heavy atom. The van der Waals surface area contributed by atoms with Crippen LogP contribution in [0.4, 0.5) is 0 Å². The largest absolute Gasteiger partial charge is 0.496 e. The maximum atomic E-state index is 6.11. The Kier molecular flexibility index (Phi) is 5.33. The van der Waals surface area contributed by atoms with Gasteiger partial charge in [0.15, 0.2) is 0 Å². The fraction of sp³-hybridized carbons (Fsp3) is 0.600. The van der Waals surface area contributed by atoms with Gasteiger partial charge < -0.3 is 10.1 Å². The van der Waals surface area contributed by atoms with Gasteiger partial charge in [0.25, 0.3) is 0 Å². The third-order valence-electron chi connectivity index (χ3n) is 3.72. The minimum Gasteiger partial charge on any atom is -0.496 e. The second-order valence-electron chi connectivity index (χ2n) is 5.06. The lowest BCUT2D eigenvalue weighted by molar-refractivity contribution is 0.344. The Labute approximate surface area is 115 Å². The molecule has 1 aliphatic rings. The number of halogens is 1. The molecule has 0 aliphatic heterocycles. The summed E-state index contributed by atoms with van der Waals surface area (Å²) in [6.07, 6.45) is 4.85. The van der Waals surface area contributed by atoms with Gasteiger partial charge in [0.2, 0.25) is 0 Å². The zero-order chi connectivity index (χ0) is 12.8. The number of hydrogen-bond donors (Lipinski definition) is 1. The molecule has 0 heterocycles. The van der Waals surface area contributed by atoms with E-state index in [-0.39, 0.29) is 0 Å². The van der Waals surface area contributed by atoms with Crippen LogP contribution in [-0.4, -0.2) is 19.0 Å². The maximum absolute atomic E-state index is 6.11. The van der Waals surface area contributed by atoms with Gasteiger partial charge in [-0.1, -0.05) is 18.2 Å². The van der Waals surface area contributed by atoms with E-state index < -0.39 is 0 Å². The van der Waals surface area contributed by atoms with Crippen LogP contribution in [0.1, 0.15) is 31.2 Å². The number of alkyl halides is 1. The summed E-state index contributed by atoms with van der Waals surface area (Å²) in [5.74, 6) is 1.75. The van der Waals surface area contributed by atoms with Crippen LogP contribution >= 0.6 is 11.6 Å². The van der Waals surface area contributed by atoms with Gasteiger partial charge in [-0.2, -0.15) is 0 Å². The molecule has 0 saturated heterocycles. The number of methoxy groups -OCH3 is 1. The summed E-state index contributed by atoms with van der Waals surface area (Å²) in [5, 5.41) is 3.95. The van der Waals surface area contributed by atoms with Crippen molar-refractivity contribution < 1.29 is 4.74 Å². The van der Waals surface area contributed by atoms with Gasteiger partial charge in [-0.15, -0.1) is 11.6 Å². The van der Waals surface area contributed by atoms with E-state index in [0.29, 0.717) is 5.38 Å². The second kappa shape index (κ2) is 7.01. The van der Waals surface area contributed by atoms with Crippen LogP contribution in [0.25, 0.3) is 0 Å². The topological polar surface area (TPSA) is 21.3 Å². The molecule has 1 N–H and O–H groups in total. The second-order valence-corrected chi connectivity index (χ2v) is 5.68. The monoisotopic (exact) mass is 267 g/mol. The predicted molar refractivity (Wildman–Crippen MR) is 76.3 cm³/mol. The zero-order valence-electron chi connectivity index (χ0n) is 11.0. The number of nitrogens with one attached hydrogen (secondary N) is 1. The van der Waals surface area contributed by atoms with Crippen LogP contribution in [0.15, 0.2) is 24.3 Å². The van der Waals surface area contributed by atoms with Crippen molar-refractivity contribution in [3.63, 3.8) is 0 Å². The van der Waals surface area contributed by atoms with E-state index in [1.54, 1.807) is 7.11 Å². The third kappa shape index (κ3) is 3.89. The van der Waals surface area contributed by atoms with Gasteiger partial charge >= 0.3 is 0 Å². The van der Waals surface area contributed by atoms with E-state index in [9.17, 15) is 0 Å². The molecule has 18 heavy (non-hydrogen) atoms. The summed E-state index contributed by atoms with van der Waals surface area (Å²) >= 11 is 6.11. The molecule has 0 spiro atoms. The van der Waals surface area contributed by atoms with Crippen molar-refractivity contribution in [3.8, 4) is 5.75 Å². The standard InChI is InChI=1S/C15H22ClNO/c1-18-15-5-3-2-4-13(15)11-17-10-12-6-8-14(16)9-7-12/h2-5,12,14,17H,6-11H2,1H3. The van der Waals surface area contributed by atoms with Gasteiger partial charge in [0, 0.05) is 17.5 Å². The van der Waals surface area contributed by atoms with Crippen LogP contribution in [0.2, 0.25) is 0 Å². The Morgan fingerprint density at radius 1 is 1.22 bits per heavy atom. The molecular weight excluding hydrogens is 246 g/mol. The first-order valence-corrected chi connectivity index (χ1v) is 7.20. The number of rotatable bonds is 5. The minimum atomic E-state index is 0.412. The first-order valence-electron chi connectivity index (χ1n) is 6.76. The summed E-state index contributed by atoms with van der Waals surface area (Å²) in [7, 11) is 1.72. The Hall–Kier alpha value is -0.730. The molecule has 0 unspecified atom stereocenters. The van der Waals surface area contributed by atoms with Crippen molar-refractivity contribution >= 4 is 11.6 Å². The van der Waals surface area contributed by atoms with Crippen LogP contribution in [0.5, 0.6) is 5.75 Å². The average molecular weight is 268 g/mol. The fourth-order valence-corrected chi connectivity index (χ4v) is 2.84. The number of hydrogen-bond acceptors (Lipinski definition) is 2. The van der Waals surface area contributed by atoms with E-state index >= 15 is 0 Å². The molecule has 0 amide bonds. The number of ether oxygens (including phenoxy) is 1. The van der Waals surface area contributed by atoms with E-state index in [1.165, 1.54) is 31.2 Å². The summed E-state index contributed by atoms with van der Waals surface area (Å²) in [5.41, 5.74) is 1.23. The summed E-state index contributed by atoms with van der Waals surface area (Å²) in [6, 6.07) is 8.18. The van der Waals surface area contributed by atoms with Crippen molar-refractivity contribution in [1.29, 1.82) is 0 Å². The highest BCUT2D eigenvalue weighted by molar-refractivity contribution is 6.20. The van der Waals surface area contributed by atoms with E-state index in [4.69, 9.17) is 16.3 Å². The third-order valence-corrected chi connectivity index (χ3v) is 4.15. The molecule has 0 atom stereocenters. The SMILES string of the molecule is COc1ccccc1CNCC1CCC(Cl)CC1. The average Bonchev–Trinajstić information content (AvgIpc) is 2.41. The highest BCUT2D eigenvalue weighted by Crippen LogP contribution is 2.27. The molecule has 3 heteroatoms. The van der Waals surface area contributed by atoms with Crippen molar-refractivity contribution in [2.24, 2.45) is 5.92 Å². The first-order chi connectivity index (χ1) is 8.79. The number of para-hydroxylation sites is 1. The smallest absolute Gasteiger partial charge is 0.123 e. The summed E-state index contributed by atoms with van der Waals surface area (Å²) in [6.45, 7) is 1.96. The molecule has 0 radical (unpaired) electrons. The van der Waals surface area contributed by atoms with Gasteiger partial charge in [0.05, 0.1) is 7.11 Å². The van der Waals surface area contributed by atoms with E-state index in [1.807, 2.05) is 12.1 Å². The molecule has 1 aromatic carbocycles. The molecule has 1 fully saturated rings. The predicted octanol–water partition coefficient (Wildman–Crippen LogP) is 3.58. The lowest BCUT2D eigenvalue weighted by atomic mass is 9.89. The molecule has 2 rings (SSSR count). The van der Waals surface area contributed by atoms with Crippen molar-refractivity contribution in [2.75, 3.05) is 13.7 Å². The van der Waals surface area contributed by atoms with Gasteiger partial charge in [-0.05, 0) is 44.2 Å². The summed E-state index contributed by atoms with van der Waals surface area (Å²) < 4.78 is 5.34. The highest BCUT2D eigenvalue weighted by Gasteiger charge is 2.18. The van der Waals surface area contributed by atoms with Crippen LogP contribution < -0.4 is 10.1 Å². The highest BCUT2D eigenvalue weighted by atomic mass is 35.5. The quantitative estimate of drug-likeness (QED) is 0.824. The Morgan fingerprint density at radius 3 is 2.67 bits per heavy atom. The molecular formula is C15H22ClNO. The van der Waals surface area contributed by atoms with Gasteiger partial charge in [0.1, 0.15) is 5.75 Å². The summed E-state index contributed by atoms with van der Waals surface area (Å²) in [4.78, 5) is 0. The lowest BCUT2D eigenvalue weighted by Crippen LogP contribution is -2.26. The minimum absolute atomic E-state index is 0.412. The van der Waals surface area contributed by atoms with Crippen molar-refractivity contribution in [1.82, 2.24) is 5.32 Å². The zero-order valence-corrected chi connectivity index (χ0v) is 11.7. The number of benzene rings is 1. The maximum Gasteiger partial charge on any atom is 0.123 e. The van der Waals surface area contributed by atoms with Crippen molar-refractivity contribution in [2.45, 2.75) is 37.6 Å². The van der Waals surface area contributed by atoms with E-state index in [0.717, 1.165) is 24.8 Å². The Balaban J connectivity index is 1.75. The van der Waals surface area contributed by atoms with Gasteiger partial charge in [-0.25, -0.2) is 0 Å². The molecule has 100 valence electrons. The van der Waals surface area contributed by atoms with Crippen molar-refractivity contribution in [3.05, 3.63) is 29.8 Å². The molecule has 1 aliphatic carbocycles. The Bertz CT molecular complexity index is 361. The molecule has 0 aromatic heterocycles. The van der Waals surface area contributed by atoms with Crippen LogP contribution in [0, 0.1) is 5.92 Å². The van der Waals surface area contributed by atoms with Crippen LogP contribution in [-0.2, 0) is 6.54 Å². The van der Waals surface area contributed by atoms with E-state index in [2.05, 4.69) is 17.4 Å². The molecule has 2 nitrogen and oxygen atoms in total. The molecule has 1 aromatic rings. The lowest BCUT2D eigenvalue weighted by Gasteiger charge is -2.25. The fourth-order valence-electron chi connectivity index (χ4n) is 2.59. The van der Waals surface area contributed by atoms with Crippen LogP contribution in [0.3, 0.4) is 0 Å². The molecule has 1 saturated carbocycles. The first kappa shape index (κ1) is 13.7. The van der Waals surface area contributed by atoms with Gasteiger partial charge in [-0.3, -0.25) is 0 Å². The normalized spacial score (nSPS) is 23.9. The molecule has 0 bridgehead atoms.